The van der Waals surface area contributed by atoms with Crippen LogP contribution in [0.4, 0.5) is 5.69 Å². The number of carbonyl (C=O) groups is 2. The maximum Gasteiger partial charge on any atom is 0.326 e. The first-order valence-electron chi connectivity index (χ1n) is 6.90. The second-order valence-corrected chi connectivity index (χ2v) is 5.32. The van der Waals surface area contributed by atoms with E-state index in [2.05, 4.69) is 15.9 Å². The standard InChI is InChI=1S/C15H20BrNO4/c1-3-12(15(19)20)17(10-9-14(18)21-4-2)13-8-6-5-7-11(13)16/h5-8,12H,3-4,9-10H2,1-2H3,(H,19,20). The highest BCUT2D eigenvalue weighted by atomic mass is 79.9. The van der Waals surface area contributed by atoms with Gasteiger partial charge in [0.05, 0.1) is 18.7 Å². The summed E-state index contributed by atoms with van der Waals surface area (Å²) >= 11 is 3.43. The minimum Gasteiger partial charge on any atom is -0.480 e. The van der Waals surface area contributed by atoms with Crippen molar-refractivity contribution in [3.63, 3.8) is 0 Å². The first-order chi connectivity index (χ1) is 10.0. The zero-order valence-corrected chi connectivity index (χ0v) is 13.8. The second-order valence-electron chi connectivity index (χ2n) is 4.46. The van der Waals surface area contributed by atoms with E-state index in [-0.39, 0.29) is 12.4 Å². The van der Waals surface area contributed by atoms with E-state index in [0.29, 0.717) is 19.6 Å². The predicted molar refractivity (Wildman–Crippen MR) is 84.5 cm³/mol. The molecule has 1 rings (SSSR count). The van der Waals surface area contributed by atoms with E-state index in [1.807, 2.05) is 31.2 Å². The molecule has 0 amide bonds. The summed E-state index contributed by atoms with van der Waals surface area (Å²) < 4.78 is 5.71. The van der Waals surface area contributed by atoms with Crippen molar-refractivity contribution >= 4 is 33.6 Å². The fraction of sp³-hybridized carbons (Fsp3) is 0.467. The summed E-state index contributed by atoms with van der Waals surface area (Å²) in [6, 6.07) is 6.70. The molecule has 0 aromatic heterocycles. The van der Waals surface area contributed by atoms with Crippen molar-refractivity contribution < 1.29 is 19.4 Å². The van der Waals surface area contributed by atoms with Gasteiger partial charge in [-0.25, -0.2) is 4.79 Å². The Hall–Kier alpha value is -1.56. The van der Waals surface area contributed by atoms with Gasteiger partial charge in [-0.1, -0.05) is 19.1 Å². The van der Waals surface area contributed by atoms with Crippen LogP contribution < -0.4 is 4.90 Å². The lowest BCUT2D eigenvalue weighted by atomic mass is 10.1. The minimum atomic E-state index is -0.905. The average Bonchev–Trinajstić information content (AvgIpc) is 2.44. The zero-order valence-electron chi connectivity index (χ0n) is 12.2. The smallest absolute Gasteiger partial charge is 0.326 e. The number of hydrogen-bond donors (Lipinski definition) is 1. The van der Waals surface area contributed by atoms with E-state index >= 15 is 0 Å². The molecule has 21 heavy (non-hydrogen) atoms. The summed E-state index contributed by atoms with van der Waals surface area (Å²) in [5, 5.41) is 9.39. The van der Waals surface area contributed by atoms with Gasteiger partial charge in [-0.3, -0.25) is 4.79 Å². The van der Waals surface area contributed by atoms with Gasteiger partial charge in [0.1, 0.15) is 6.04 Å². The van der Waals surface area contributed by atoms with Crippen LogP contribution in [-0.4, -0.2) is 36.2 Å². The van der Waals surface area contributed by atoms with Crippen molar-refractivity contribution in [2.75, 3.05) is 18.1 Å². The summed E-state index contributed by atoms with van der Waals surface area (Å²) in [6.45, 7) is 4.18. The van der Waals surface area contributed by atoms with Crippen molar-refractivity contribution in [1.29, 1.82) is 0 Å². The normalized spacial score (nSPS) is 11.8. The molecule has 0 heterocycles. The van der Waals surface area contributed by atoms with Gasteiger partial charge in [0.15, 0.2) is 0 Å². The van der Waals surface area contributed by atoms with Gasteiger partial charge in [-0.15, -0.1) is 0 Å². The number of nitrogens with zero attached hydrogens (tertiary/aromatic N) is 1. The number of rotatable bonds is 8. The van der Waals surface area contributed by atoms with Crippen LogP contribution >= 0.6 is 15.9 Å². The van der Waals surface area contributed by atoms with Gasteiger partial charge in [-0.05, 0) is 41.4 Å². The maximum atomic E-state index is 11.5. The monoisotopic (exact) mass is 357 g/mol. The van der Waals surface area contributed by atoms with Gasteiger partial charge >= 0.3 is 11.9 Å². The number of benzene rings is 1. The molecule has 6 heteroatoms. The summed E-state index contributed by atoms with van der Waals surface area (Å²) in [6.07, 6.45) is 0.596. The van der Waals surface area contributed by atoms with Crippen molar-refractivity contribution in [3.8, 4) is 0 Å². The molecule has 1 unspecified atom stereocenters. The predicted octanol–water partition coefficient (Wildman–Crippen LogP) is 3.07. The lowest BCUT2D eigenvalue weighted by Crippen LogP contribution is -2.42. The third-order valence-electron chi connectivity index (χ3n) is 3.07. The van der Waals surface area contributed by atoms with Crippen LogP contribution in [-0.2, 0) is 14.3 Å². The molecule has 0 radical (unpaired) electrons. The maximum absolute atomic E-state index is 11.5. The number of aliphatic carboxylic acids is 1. The number of hydrogen-bond acceptors (Lipinski definition) is 4. The van der Waals surface area contributed by atoms with Crippen LogP contribution in [0.3, 0.4) is 0 Å². The number of esters is 1. The molecule has 0 bridgehead atoms. The minimum absolute atomic E-state index is 0.152. The SMILES string of the molecule is CCOC(=O)CCN(c1ccccc1Br)C(CC)C(=O)O. The van der Waals surface area contributed by atoms with Crippen LogP contribution in [0.5, 0.6) is 0 Å². The molecule has 0 saturated heterocycles. The van der Waals surface area contributed by atoms with Crippen molar-refractivity contribution in [2.24, 2.45) is 0 Å². The van der Waals surface area contributed by atoms with E-state index in [0.717, 1.165) is 10.2 Å². The third kappa shape index (κ3) is 5.04. The first-order valence-corrected chi connectivity index (χ1v) is 7.70. The van der Waals surface area contributed by atoms with Crippen molar-refractivity contribution in [1.82, 2.24) is 0 Å². The van der Waals surface area contributed by atoms with E-state index in [1.165, 1.54) is 0 Å². The first kappa shape index (κ1) is 17.5. The second kappa shape index (κ2) is 8.67. The Morgan fingerprint density at radius 3 is 2.52 bits per heavy atom. The molecule has 5 nitrogen and oxygen atoms in total. The molecule has 0 saturated carbocycles. The van der Waals surface area contributed by atoms with Crippen LogP contribution in [0.1, 0.15) is 26.7 Å². The van der Waals surface area contributed by atoms with Gasteiger partial charge in [-0.2, -0.15) is 0 Å². The number of para-hydroxylation sites is 1. The van der Waals surface area contributed by atoms with Gasteiger partial charge in [0.2, 0.25) is 0 Å². The van der Waals surface area contributed by atoms with Gasteiger partial charge in [0, 0.05) is 11.0 Å². The Bertz CT molecular complexity index is 492. The van der Waals surface area contributed by atoms with E-state index in [9.17, 15) is 14.7 Å². The van der Waals surface area contributed by atoms with Crippen LogP contribution in [0.15, 0.2) is 28.7 Å². The molecule has 0 aliphatic carbocycles. The lowest BCUT2D eigenvalue weighted by molar-refractivity contribution is -0.143. The third-order valence-corrected chi connectivity index (χ3v) is 3.74. The number of carbonyl (C=O) groups excluding carboxylic acids is 1. The van der Waals surface area contributed by atoms with E-state index < -0.39 is 12.0 Å². The number of carboxylic acid groups (broad SMARTS) is 1. The number of halogens is 1. The molecular weight excluding hydrogens is 338 g/mol. The topological polar surface area (TPSA) is 66.8 Å². The van der Waals surface area contributed by atoms with Crippen LogP contribution in [0, 0.1) is 0 Å². The van der Waals surface area contributed by atoms with E-state index in [4.69, 9.17) is 4.74 Å². The summed E-state index contributed by atoms with van der Waals surface area (Å²) in [7, 11) is 0. The largest absolute Gasteiger partial charge is 0.480 e. The zero-order chi connectivity index (χ0) is 15.8. The van der Waals surface area contributed by atoms with Gasteiger partial charge in [0.25, 0.3) is 0 Å². The molecule has 1 aromatic rings. The molecule has 116 valence electrons. The van der Waals surface area contributed by atoms with E-state index in [1.54, 1.807) is 11.8 Å². The van der Waals surface area contributed by atoms with Crippen LogP contribution in [0.25, 0.3) is 0 Å². The number of carboxylic acids is 1. The van der Waals surface area contributed by atoms with Gasteiger partial charge < -0.3 is 14.7 Å². The Labute approximate surface area is 133 Å². The quantitative estimate of drug-likeness (QED) is 0.724. The molecule has 0 spiro atoms. The molecule has 1 aromatic carbocycles. The molecular formula is C15H20BrNO4. The van der Waals surface area contributed by atoms with Crippen molar-refractivity contribution in [2.45, 2.75) is 32.7 Å². The number of ether oxygens (including phenoxy) is 1. The Kier molecular flexibility index (Phi) is 7.22. The molecule has 1 atom stereocenters. The summed E-state index contributed by atoms with van der Waals surface area (Å²) in [4.78, 5) is 24.7. The molecule has 0 aliphatic rings. The molecule has 1 N–H and O–H groups in total. The Morgan fingerprint density at radius 1 is 1.33 bits per heavy atom. The highest BCUT2D eigenvalue weighted by Gasteiger charge is 2.26. The van der Waals surface area contributed by atoms with Crippen molar-refractivity contribution in [3.05, 3.63) is 28.7 Å². The lowest BCUT2D eigenvalue weighted by Gasteiger charge is -2.31. The molecule has 0 fully saturated rings. The van der Waals surface area contributed by atoms with Crippen LogP contribution in [0.2, 0.25) is 0 Å². The Balaban J connectivity index is 2.97. The summed E-state index contributed by atoms with van der Waals surface area (Å²) in [5.74, 6) is -1.23. The highest BCUT2D eigenvalue weighted by Crippen LogP contribution is 2.28. The highest BCUT2D eigenvalue weighted by molar-refractivity contribution is 9.10. The fourth-order valence-electron chi connectivity index (χ4n) is 2.10. The average molecular weight is 358 g/mol. The number of anilines is 1. The fourth-order valence-corrected chi connectivity index (χ4v) is 2.61. The summed E-state index contributed by atoms with van der Waals surface area (Å²) in [5.41, 5.74) is 0.760. The molecule has 0 aliphatic heterocycles. The Morgan fingerprint density at radius 2 is 2.00 bits per heavy atom.